The average molecular weight is 246 g/mol. The zero-order valence-corrected chi connectivity index (χ0v) is 11.4. The first kappa shape index (κ1) is 11.4. The summed E-state index contributed by atoms with van der Waals surface area (Å²) in [6.45, 7) is 8.26. The average Bonchev–Trinajstić information content (AvgIpc) is 1.92. The van der Waals surface area contributed by atoms with Gasteiger partial charge in [-0.05, 0) is 27.7 Å². The molecule has 0 radical (unpaired) electrons. The van der Waals surface area contributed by atoms with Crippen molar-refractivity contribution in [3.8, 4) is 0 Å². The molecule has 4 aliphatic heterocycles. The van der Waals surface area contributed by atoms with E-state index in [-0.39, 0.29) is 10.7 Å². The second-order valence-electron chi connectivity index (χ2n) is 5.75. The molecule has 4 rings (SSSR count). The molecule has 0 amide bonds. The normalized spacial score (nSPS) is 63.9. The van der Waals surface area contributed by atoms with Crippen LogP contribution in [-0.2, 0) is 18.7 Å². The molecule has 0 spiro atoms. The molecule has 4 fully saturated rings. The van der Waals surface area contributed by atoms with E-state index in [2.05, 4.69) is 13.8 Å². The van der Waals surface area contributed by atoms with Crippen LogP contribution in [0.1, 0.15) is 40.5 Å². The Labute approximate surface area is 97.4 Å². The summed E-state index contributed by atoms with van der Waals surface area (Å²) in [5.74, 6) is -1.04. The standard InChI is InChI=1S/C11H19O4P/c1-8-6-10(3)15-9(2,13-8)7-11(4,14-8)16(10)12-5/h6-7H2,1-5H3/t8-,9-,10+,11+/m0/s1. The molecule has 0 N–H and O–H groups in total. The Morgan fingerprint density at radius 2 is 1.31 bits per heavy atom. The van der Waals surface area contributed by atoms with Crippen molar-refractivity contribution >= 4 is 8.15 Å². The van der Waals surface area contributed by atoms with Crippen LogP contribution in [0.3, 0.4) is 0 Å². The lowest BCUT2D eigenvalue weighted by molar-refractivity contribution is -0.470. The van der Waals surface area contributed by atoms with Gasteiger partial charge in [-0.2, -0.15) is 0 Å². The SMILES string of the molecule is COP1[C@]2(C)C[C@@]3(C)O[C@](C)(C[C@]1(C)O3)O2. The summed E-state index contributed by atoms with van der Waals surface area (Å²) in [4.78, 5) is 0. The van der Waals surface area contributed by atoms with Crippen LogP contribution in [-0.4, -0.2) is 29.4 Å². The molecule has 4 nitrogen and oxygen atoms in total. The van der Waals surface area contributed by atoms with Crippen molar-refractivity contribution in [2.45, 2.75) is 62.8 Å². The van der Waals surface area contributed by atoms with E-state index in [4.69, 9.17) is 18.7 Å². The lowest BCUT2D eigenvalue weighted by atomic mass is 9.98. The minimum atomic E-state index is -0.756. The van der Waals surface area contributed by atoms with Crippen molar-refractivity contribution in [2.75, 3.05) is 7.11 Å². The van der Waals surface area contributed by atoms with Crippen molar-refractivity contribution in [1.82, 2.24) is 0 Å². The quantitative estimate of drug-likeness (QED) is 0.667. The zero-order chi connectivity index (χ0) is 11.8. The summed E-state index contributed by atoms with van der Waals surface area (Å²) in [7, 11) is 0.997. The third-order valence-corrected chi connectivity index (χ3v) is 6.23. The van der Waals surface area contributed by atoms with Gasteiger partial charge in [0.1, 0.15) is 10.7 Å². The Hall–Kier alpha value is 0.270. The maximum atomic E-state index is 6.13. The third-order valence-electron chi connectivity index (χ3n) is 3.64. The van der Waals surface area contributed by atoms with Crippen LogP contribution in [0.25, 0.3) is 0 Å². The fraction of sp³-hybridized carbons (Fsp3) is 1.00. The molecular formula is C11H19O4P. The number of hydrogen-bond acceptors (Lipinski definition) is 4. The van der Waals surface area contributed by atoms with E-state index in [1.807, 2.05) is 13.8 Å². The highest BCUT2D eigenvalue weighted by atomic mass is 31.1. The van der Waals surface area contributed by atoms with Crippen LogP contribution in [0.4, 0.5) is 0 Å². The highest BCUT2D eigenvalue weighted by Gasteiger charge is 2.71. The number of rotatable bonds is 1. The van der Waals surface area contributed by atoms with Gasteiger partial charge in [-0.25, -0.2) is 0 Å². The molecule has 16 heavy (non-hydrogen) atoms. The molecule has 0 unspecified atom stereocenters. The van der Waals surface area contributed by atoms with Gasteiger partial charge in [-0.1, -0.05) is 0 Å². The first-order valence-electron chi connectivity index (χ1n) is 5.68. The first-order valence-corrected chi connectivity index (χ1v) is 6.94. The van der Waals surface area contributed by atoms with Gasteiger partial charge in [0, 0.05) is 20.0 Å². The van der Waals surface area contributed by atoms with Crippen LogP contribution in [0.15, 0.2) is 0 Å². The minimum Gasteiger partial charge on any atom is -0.357 e. The Kier molecular flexibility index (Phi) is 2.00. The van der Waals surface area contributed by atoms with Crippen LogP contribution in [0, 0.1) is 0 Å². The zero-order valence-electron chi connectivity index (χ0n) is 10.5. The van der Waals surface area contributed by atoms with Crippen molar-refractivity contribution in [2.24, 2.45) is 0 Å². The van der Waals surface area contributed by atoms with Gasteiger partial charge in [0.15, 0.2) is 11.6 Å². The summed E-state index contributed by atoms with van der Waals surface area (Å²) in [5.41, 5.74) is 0. The fourth-order valence-electron chi connectivity index (χ4n) is 3.95. The largest absolute Gasteiger partial charge is 0.357 e. The molecule has 0 aromatic carbocycles. The van der Waals surface area contributed by atoms with Gasteiger partial charge in [0.05, 0.1) is 8.15 Å². The van der Waals surface area contributed by atoms with E-state index in [0.29, 0.717) is 0 Å². The summed E-state index contributed by atoms with van der Waals surface area (Å²) >= 11 is 0. The second kappa shape index (κ2) is 2.81. The molecule has 4 heterocycles. The molecule has 4 aliphatic rings. The minimum absolute atomic E-state index is 0.253. The number of ether oxygens (including phenoxy) is 3. The van der Waals surface area contributed by atoms with Gasteiger partial charge in [0.2, 0.25) is 0 Å². The van der Waals surface area contributed by atoms with Crippen molar-refractivity contribution in [3.63, 3.8) is 0 Å². The lowest BCUT2D eigenvalue weighted by Crippen LogP contribution is -2.71. The highest BCUT2D eigenvalue weighted by molar-refractivity contribution is 7.55. The van der Waals surface area contributed by atoms with Crippen LogP contribution in [0.5, 0.6) is 0 Å². The molecule has 4 saturated heterocycles. The molecule has 4 atom stereocenters. The Balaban J connectivity index is 2.10. The monoisotopic (exact) mass is 246 g/mol. The van der Waals surface area contributed by atoms with Crippen LogP contribution < -0.4 is 0 Å². The van der Waals surface area contributed by atoms with Gasteiger partial charge >= 0.3 is 0 Å². The third kappa shape index (κ3) is 1.28. The van der Waals surface area contributed by atoms with E-state index in [1.54, 1.807) is 7.11 Å². The van der Waals surface area contributed by atoms with Crippen molar-refractivity contribution in [1.29, 1.82) is 0 Å². The predicted octanol–water partition coefficient (Wildman–Crippen LogP) is 2.77. The van der Waals surface area contributed by atoms with Crippen molar-refractivity contribution in [3.05, 3.63) is 0 Å². The summed E-state index contributed by atoms with van der Waals surface area (Å²) in [5, 5.41) is -0.506. The van der Waals surface area contributed by atoms with Gasteiger partial charge in [-0.3, -0.25) is 0 Å². The van der Waals surface area contributed by atoms with Gasteiger partial charge in [-0.15, -0.1) is 0 Å². The molecule has 0 aromatic heterocycles. The molecule has 0 aromatic rings. The Bertz CT molecular complexity index is 301. The number of hydrogen-bond donors (Lipinski definition) is 0. The van der Waals surface area contributed by atoms with E-state index >= 15 is 0 Å². The van der Waals surface area contributed by atoms with Gasteiger partial charge in [0.25, 0.3) is 0 Å². The van der Waals surface area contributed by atoms with E-state index < -0.39 is 19.7 Å². The Morgan fingerprint density at radius 1 is 0.875 bits per heavy atom. The topological polar surface area (TPSA) is 36.9 Å². The van der Waals surface area contributed by atoms with Gasteiger partial charge < -0.3 is 18.7 Å². The summed E-state index contributed by atoms with van der Waals surface area (Å²) in [6.07, 6.45) is 1.48. The van der Waals surface area contributed by atoms with E-state index in [0.717, 1.165) is 12.8 Å². The van der Waals surface area contributed by atoms with E-state index in [9.17, 15) is 0 Å². The maximum Gasteiger partial charge on any atom is 0.173 e. The second-order valence-corrected chi connectivity index (χ2v) is 8.60. The van der Waals surface area contributed by atoms with Crippen LogP contribution in [0.2, 0.25) is 0 Å². The predicted molar refractivity (Wildman–Crippen MR) is 60.0 cm³/mol. The van der Waals surface area contributed by atoms with E-state index in [1.165, 1.54) is 0 Å². The van der Waals surface area contributed by atoms with Crippen LogP contribution >= 0.6 is 8.15 Å². The fourth-order valence-corrected chi connectivity index (χ4v) is 7.14. The molecular weight excluding hydrogens is 227 g/mol. The molecule has 5 heteroatoms. The smallest absolute Gasteiger partial charge is 0.173 e. The first-order chi connectivity index (χ1) is 7.23. The summed E-state index contributed by atoms with van der Waals surface area (Å²) in [6, 6.07) is 0. The molecule has 92 valence electrons. The molecule has 0 aliphatic carbocycles. The summed E-state index contributed by atoms with van der Waals surface area (Å²) < 4.78 is 23.9. The molecule has 0 saturated carbocycles. The highest BCUT2D eigenvalue weighted by Crippen LogP contribution is 2.76. The van der Waals surface area contributed by atoms with Crippen molar-refractivity contribution < 1.29 is 18.7 Å². The maximum absolute atomic E-state index is 6.13. The molecule has 4 bridgehead atoms. The lowest BCUT2D eigenvalue weighted by Gasteiger charge is -2.68. The Morgan fingerprint density at radius 3 is 1.69 bits per heavy atom.